The molecule has 2 saturated heterocycles. The molecule has 6 heteroatoms. The molecule has 0 aliphatic carbocycles. The van der Waals surface area contributed by atoms with Crippen LogP contribution in [-0.4, -0.2) is 33.2 Å². The molecule has 0 spiro atoms. The fourth-order valence-corrected chi connectivity index (χ4v) is 5.67. The molecule has 2 N–H and O–H groups in total. The van der Waals surface area contributed by atoms with Crippen LogP contribution < -0.4 is 14.8 Å². The van der Waals surface area contributed by atoms with Gasteiger partial charge in [0.25, 0.3) is 0 Å². The van der Waals surface area contributed by atoms with E-state index in [4.69, 9.17) is 4.74 Å². The number of benzene rings is 2. The van der Waals surface area contributed by atoms with Gasteiger partial charge in [-0.05, 0) is 44.7 Å². The van der Waals surface area contributed by atoms with E-state index in [1.807, 2.05) is 31.2 Å². The molecule has 0 saturated carbocycles. The van der Waals surface area contributed by atoms with E-state index in [-0.39, 0.29) is 6.04 Å². The first kappa shape index (κ1) is 16.8. The van der Waals surface area contributed by atoms with Crippen molar-refractivity contribution in [3.05, 3.63) is 36.4 Å². The first-order chi connectivity index (χ1) is 12.1. The van der Waals surface area contributed by atoms with Crippen LogP contribution in [0.1, 0.15) is 32.6 Å². The summed E-state index contributed by atoms with van der Waals surface area (Å²) < 4.78 is 34.7. The smallest absolute Gasteiger partial charge is 0.241 e. The number of piperidine rings is 1. The molecular weight excluding hydrogens is 336 g/mol. The third-order valence-corrected chi connectivity index (χ3v) is 6.81. The molecule has 0 aromatic heterocycles. The monoisotopic (exact) mass is 360 g/mol. The lowest BCUT2D eigenvalue weighted by molar-refractivity contribution is 0.344. The van der Waals surface area contributed by atoms with Crippen molar-refractivity contribution >= 4 is 20.8 Å². The maximum absolute atomic E-state index is 13.0. The molecule has 5 nitrogen and oxygen atoms in total. The van der Waals surface area contributed by atoms with E-state index < -0.39 is 10.0 Å². The Bertz CT molecular complexity index is 869. The average Bonchev–Trinajstić information content (AvgIpc) is 2.93. The van der Waals surface area contributed by atoms with Gasteiger partial charge in [-0.25, -0.2) is 13.1 Å². The van der Waals surface area contributed by atoms with E-state index in [0.29, 0.717) is 29.0 Å². The largest absolute Gasteiger partial charge is 0.493 e. The lowest BCUT2D eigenvalue weighted by Crippen LogP contribution is -2.47. The number of nitrogens with one attached hydrogen (secondary N) is 2. The Morgan fingerprint density at radius 3 is 2.44 bits per heavy atom. The molecule has 2 aliphatic rings. The fraction of sp³-hybridized carbons (Fsp3) is 0.474. The van der Waals surface area contributed by atoms with Crippen LogP contribution in [-0.2, 0) is 10.0 Å². The first-order valence-electron chi connectivity index (χ1n) is 9.00. The van der Waals surface area contributed by atoms with Gasteiger partial charge in [0.15, 0.2) is 0 Å². The van der Waals surface area contributed by atoms with E-state index in [9.17, 15) is 8.42 Å². The minimum Gasteiger partial charge on any atom is -0.493 e. The van der Waals surface area contributed by atoms with Gasteiger partial charge in [-0.2, -0.15) is 0 Å². The van der Waals surface area contributed by atoms with Crippen LogP contribution in [0, 0.1) is 0 Å². The van der Waals surface area contributed by atoms with E-state index in [1.54, 1.807) is 12.1 Å². The molecule has 134 valence electrons. The summed E-state index contributed by atoms with van der Waals surface area (Å²) in [6, 6.07) is 11.8. The number of hydrogen-bond donors (Lipinski definition) is 2. The van der Waals surface area contributed by atoms with Gasteiger partial charge in [0.2, 0.25) is 10.0 Å². The van der Waals surface area contributed by atoms with E-state index in [2.05, 4.69) is 10.0 Å². The zero-order chi connectivity index (χ0) is 17.4. The number of fused-ring (bicyclic) bond motifs is 3. The number of ether oxygens (including phenoxy) is 1. The fourth-order valence-electron chi connectivity index (χ4n) is 4.20. The molecule has 0 radical (unpaired) electrons. The molecular formula is C19H24N2O3S. The van der Waals surface area contributed by atoms with E-state index in [1.165, 1.54) is 0 Å². The summed E-state index contributed by atoms with van der Waals surface area (Å²) in [5.41, 5.74) is 0. The normalized spacial score (nSPS) is 26.0. The maximum Gasteiger partial charge on any atom is 0.241 e. The quantitative estimate of drug-likeness (QED) is 0.860. The zero-order valence-electron chi connectivity index (χ0n) is 14.4. The molecule has 2 atom stereocenters. The predicted octanol–water partition coefficient (Wildman–Crippen LogP) is 2.80. The van der Waals surface area contributed by atoms with E-state index in [0.717, 1.165) is 36.8 Å². The summed E-state index contributed by atoms with van der Waals surface area (Å²) in [5, 5.41) is 5.08. The highest BCUT2D eigenvalue weighted by Gasteiger charge is 2.35. The molecule has 0 amide bonds. The second kappa shape index (κ2) is 6.59. The highest BCUT2D eigenvalue weighted by molar-refractivity contribution is 7.89. The van der Waals surface area contributed by atoms with Crippen LogP contribution in [0.2, 0.25) is 0 Å². The standard InChI is InChI=1S/C19H24N2O3S/c1-2-24-18-9-10-19(17-6-4-3-5-16(17)18)25(22,23)21-15-11-13-7-8-14(12-15)20-13/h3-6,9-10,13-15,20-21H,2,7-8,11-12H2,1H3. The average molecular weight is 360 g/mol. The topological polar surface area (TPSA) is 67.4 Å². The van der Waals surface area contributed by atoms with Crippen LogP contribution in [0.4, 0.5) is 0 Å². The van der Waals surface area contributed by atoms with Gasteiger partial charge in [0.05, 0.1) is 11.5 Å². The highest BCUT2D eigenvalue weighted by atomic mass is 32.2. The Hall–Kier alpha value is -1.63. The lowest BCUT2D eigenvalue weighted by Gasteiger charge is -2.29. The Morgan fingerprint density at radius 2 is 1.76 bits per heavy atom. The first-order valence-corrected chi connectivity index (χ1v) is 10.5. The number of sulfonamides is 1. The van der Waals surface area contributed by atoms with E-state index >= 15 is 0 Å². The molecule has 4 rings (SSSR count). The second-order valence-corrected chi connectivity index (χ2v) is 8.65. The Labute approximate surface area is 148 Å². The summed E-state index contributed by atoms with van der Waals surface area (Å²) >= 11 is 0. The summed E-state index contributed by atoms with van der Waals surface area (Å²) in [7, 11) is -3.57. The van der Waals surface area contributed by atoms with Gasteiger partial charge in [0, 0.05) is 28.9 Å². The highest BCUT2D eigenvalue weighted by Crippen LogP contribution is 2.32. The van der Waals surface area contributed by atoms with Gasteiger partial charge in [-0.1, -0.05) is 24.3 Å². The molecule has 2 aliphatic heterocycles. The van der Waals surface area contributed by atoms with Crippen molar-refractivity contribution in [1.82, 2.24) is 10.0 Å². The van der Waals surface area contributed by atoms with Crippen molar-refractivity contribution in [3.63, 3.8) is 0 Å². The predicted molar refractivity (Wildman–Crippen MR) is 98.4 cm³/mol. The van der Waals surface area contributed by atoms with Crippen molar-refractivity contribution < 1.29 is 13.2 Å². The molecule has 2 unspecified atom stereocenters. The summed E-state index contributed by atoms with van der Waals surface area (Å²) in [6.45, 7) is 2.47. The minimum atomic E-state index is -3.57. The van der Waals surface area contributed by atoms with Gasteiger partial charge in [0.1, 0.15) is 5.75 Å². The maximum atomic E-state index is 13.0. The van der Waals surface area contributed by atoms with Crippen molar-refractivity contribution in [1.29, 1.82) is 0 Å². The minimum absolute atomic E-state index is 0.00841. The van der Waals surface area contributed by atoms with Crippen LogP contribution in [0.3, 0.4) is 0 Å². The van der Waals surface area contributed by atoms with Crippen LogP contribution >= 0.6 is 0 Å². The molecule has 2 fully saturated rings. The van der Waals surface area contributed by atoms with Gasteiger partial charge in [-0.15, -0.1) is 0 Å². The third kappa shape index (κ3) is 3.26. The Kier molecular flexibility index (Phi) is 4.43. The van der Waals surface area contributed by atoms with Gasteiger partial charge < -0.3 is 10.1 Å². The van der Waals surface area contributed by atoms with Crippen LogP contribution in [0.15, 0.2) is 41.3 Å². The second-order valence-electron chi connectivity index (χ2n) is 6.97. The Balaban J connectivity index is 1.67. The Morgan fingerprint density at radius 1 is 1.08 bits per heavy atom. The SMILES string of the molecule is CCOc1ccc(S(=O)(=O)NC2CC3CCC(C2)N3)c2ccccc12. The zero-order valence-corrected chi connectivity index (χ0v) is 15.2. The lowest BCUT2D eigenvalue weighted by atomic mass is 10.0. The number of hydrogen-bond acceptors (Lipinski definition) is 4. The molecule has 2 aromatic carbocycles. The number of rotatable bonds is 5. The molecule has 2 aromatic rings. The van der Waals surface area contributed by atoms with Gasteiger partial charge >= 0.3 is 0 Å². The van der Waals surface area contributed by atoms with Crippen molar-refractivity contribution in [2.75, 3.05) is 6.61 Å². The molecule has 25 heavy (non-hydrogen) atoms. The van der Waals surface area contributed by atoms with Crippen LogP contribution in [0.5, 0.6) is 5.75 Å². The van der Waals surface area contributed by atoms with Crippen molar-refractivity contribution in [2.24, 2.45) is 0 Å². The third-order valence-electron chi connectivity index (χ3n) is 5.23. The molecule has 2 heterocycles. The van der Waals surface area contributed by atoms with Crippen LogP contribution in [0.25, 0.3) is 10.8 Å². The van der Waals surface area contributed by atoms with Crippen molar-refractivity contribution in [3.8, 4) is 5.75 Å². The summed E-state index contributed by atoms with van der Waals surface area (Å²) in [5.74, 6) is 0.719. The van der Waals surface area contributed by atoms with Gasteiger partial charge in [-0.3, -0.25) is 0 Å². The molecule has 2 bridgehead atoms. The van der Waals surface area contributed by atoms with Crippen molar-refractivity contribution in [2.45, 2.75) is 55.6 Å². The summed E-state index contributed by atoms with van der Waals surface area (Å²) in [6.07, 6.45) is 4.03. The summed E-state index contributed by atoms with van der Waals surface area (Å²) in [4.78, 5) is 0.331.